The summed E-state index contributed by atoms with van der Waals surface area (Å²) in [6.45, 7) is -0.284. The lowest BCUT2D eigenvalue weighted by Gasteiger charge is -2.31. The van der Waals surface area contributed by atoms with Gasteiger partial charge in [0.1, 0.15) is 0 Å². The molecule has 5 nitrogen and oxygen atoms in total. The lowest BCUT2D eigenvalue weighted by molar-refractivity contribution is -0.209. The largest absolute Gasteiger partial charge is 0.417 e. The van der Waals surface area contributed by atoms with E-state index in [1.807, 2.05) is 0 Å². The van der Waals surface area contributed by atoms with Gasteiger partial charge in [-0.15, -0.1) is 0 Å². The Kier molecular flexibility index (Phi) is 4.63. The fourth-order valence-corrected chi connectivity index (χ4v) is 3.31. The van der Waals surface area contributed by atoms with E-state index in [1.165, 1.54) is 6.07 Å². The van der Waals surface area contributed by atoms with Gasteiger partial charge >= 0.3 is 12.4 Å². The van der Waals surface area contributed by atoms with Crippen LogP contribution in [0.1, 0.15) is 12.0 Å². The number of rotatable bonds is 2. The van der Waals surface area contributed by atoms with Crippen LogP contribution in [0.25, 0.3) is 10.9 Å². The van der Waals surface area contributed by atoms with Crippen molar-refractivity contribution in [1.82, 2.24) is 4.98 Å². The topological polar surface area (TPSA) is 76.6 Å². The van der Waals surface area contributed by atoms with Crippen LogP contribution in [0.5, 0.6) is 0 Å². The van der Waals surface area contributed by atoms with E-state index in [2.05, 4.69) is 4.98 Å². The molecule has 1 aromatic carbocycles. The van der Waals surface area contributed by atoms with E-state index >= 15 is 0 Å². The molecule has 0 spiro atoms. The van der Waals surface area contributed by atoms with E-state index in [9.17, 15) is 41.4 Å². The Morgan fingerprint density at radius 2 is 1.81 bits per heavy atom. The molecular weight excluding hydrogens is 382 g/mol. The molecule has 2 aromatic rings. The van der Waals surface area contributed by atoms with Gasteiger partial charge in [0.15, 0.2) is 6.10 Å². The smallest absolute Gasteiger partial charge is 0.391 e. The number of fused-ring (bicyclic) bond motifs is 1. The first-order valence-corrected chi connectivity index (χ1v) is 7.81. The van der Waals surface area contributed by atoms with Gasteiger partial charge in [-0.1, -0.05) is 0 Å². The van der Waals surface area contributed by atoms with Crippen LogP contribution in [0.2, 0.25) is 0 Å². The first-order valence-electron chi connectivity index (χ1n) is 7.81. The van der Waals surface area contributed by atoms with Crippen molar-refractivity contribution in [2.24, 2.45) is 0 Å². The Labute approximate surface area is 147 Å². The van der Waals surface area contributed by atoms with Gasteiger partial charge in [0.25, 0.3) is 0 Å². The van der Waals surface area contributed by atoms with Crippen LogP contribution in [-0.4, -0.2) is 46.2 Å². The maximum atomic E-state index is 13.2. The zero-order valence-corrected chi connectivity index (χ0v) is 13.5. The van der Waals surface area contributed by atoms with Crippen molar-refractivity contribution in [3.05, 3.63) is 40.2 Å². The second kappa shape index (κ2) is 6.41. The molecule has 1 unspecified atom stereocenters. The number of hydrogen-bond donors (Lipinski definition) is 3. The second-order valence-corrected chi connectivity index (χ2v) is 6.37. The number of anilines is 1. The van der Waals surface area contributed by atoms with Crippen molar-refractivity contribution < 1.29 is 36.6 Å². The maximum absolute atomic E-state index is 13.2. The summed E-state index contributed by atoms with van der Waals surface area (Å²) in [6.07, 6.45) is -14.1. The highest BCUT2D eigenvalue weighted by Gasteiger charge is 2.49. The summed E-state index contributed by atoms with van der Waals surface area (Å²) in [5.41, 5.74) is -2.36. The van der Waals surface area contributed by atoms with Gasteiger partial charge in [0.2, 0.25) is 5.56 Å². The minimum Gasteiger partial charge on any atom is -0.391 e. The van der Waals surface area contributed by atoms with Crippen LogP contribution in [0, 0.1) is 0 Å². The van der Waals surface area contributed by atoms with Gasteiger partial charge in [0, 0.05) is 29.2 Å². The Balaban J connectivity index is 2.11. The van der Waals surface area contributed by atoms with Crippen molar-refractivity contribution in [2.45, 2.75) is 37.0 Å². The summed E-state index contributed by atoms with van der Waals surface area (Å²) in [4.78, 5) is 14.7. The fraction of sp³-hybridized carbons (Fsp3) is 0.438. The van der Waals surface area contributed by atoms with Crippen molar-refractivity contribution in [3.63, 3.8) is 0 Å². The Hall–Kier alpha value is -2.27. The highest BCUT2D eigenvalue weighted by atomic mass is 19.4. The normalized spacial score (nSPS) is 22.4. The van der Waals surface area contributed by atoms with Crippen LogP contribution in [0.3, 0.4) is 0 Å². The molecule has 1 saturated heterocycles. The molecule has 0 radical (unpaired) electrons. The number of nitrogens with one attached hydrogen (secondary N) is 1. The number of aromatic amines is 1. The highest BCUT2D eigenvalue weighted by Crippen LogP contribution is 2.38. The number of aliphatic hydroxyl groups excluding tert-OH is 2. The first kappa shape index (κ1) is 19.5. The summed E-state index contributed by atoms with van der Waals surface area (Å²) in [5, 5.41) is 18.9. The van der Waals surface area contributed by atoms with Crippen LogP contribution < -0.4 is 10.5 Å². The number of alkyl halides is 6. The zero-order valence-electron chi connectivity index (χ0n) is 13.5. The molecule has 0 amide bonds. The third-order valence-corrected chi connectivity index (χ3v) is 4.48. The average molecular weight is 396 g/mol. The molecule has 3 rings (SSSR count). The third kappa shape index (κ3) is 3.74. The third-order valence-electron chi connectivity index (χ3n) is 4.48. The van der Waals surface area contributed by atoms with Gasteiger partial charge < -0.3 is 20.1 Å². The molecule has 0 bridgehead atoms. The predicted molar refractivity (Wildman–Crippen MR) is 83.4 cm³/mol. The van der Waals surface area contributed by atoms with Gasteiger partial charge in [-0.2, -0.15) is 26.3 Å². The number of benzene rings is 1. The lowest BCUT2D eigenvalue weighted by atomic mass is 10.0. The number of H-pyrrole nitrogens is 1. The first-order chi connectivity index (χ1) is 12.4. The molecule has 2 heterocycles. The van der Waals surface area contributed by atoms with E-state index < -0.39 is 53.5 Å². The molecule has 0 saturated carbocycles. The van der Waals surface area contributed by atoms with Crippen LogP contribution in [-0.2, 0) is 6.18 Å². The SMILES string of the molecule is O=c1cc(C(F)(F)F)c2cc(N3CC(O)C[C@@H]3[C@@H](O)C(F)(F)F)ccc2[nH]1. The molecular formula is C16H14F6N2O3. The van der Waals surface area contributed by atoms with Crippen LogP contribution in [0.4, 0.5) is 32.0 Å². The Morgan fingerprint density at radius 1 is 1.15 bits per heavy atom. The molecule has 11 heteroatoms. The van der Waals surface area contributed by atoms with Gasteiger partial charge in [0.05, 0.1) is 17.7 Å². The summed E-state index contributed by atoms with van der Waals surface area (Å²) in [7, 11) is 0. The minimum atomic E-state index is -4.95. The fourth-order valence-electron chi connectivity index (χ4n) is 3.31. The molecule has 1 aliphatic rings. The van der Waals surface area contributed by atoms with Crippen LogP contribution in [0.15, 0.2) is 29.1 Å². The van der Waals surface area contributed by atoms with Gasteiger partial charge in [-0.3, -0.25) is 4.79 Å². The summed E-state index contributed by atoms with van der Waals surface area (Å²) < 4.78 is 78.4. The van der Waals surface area contributed by atoms with Crippen molar-refractivity contribution in [3.8, 4) is 0 Å². The quantitative estimate of drug-likeness (QED) is 0.682. The summed E-state index contributed by atoms with van der Waals surface area (Å²) >= 11 is 0. The number of nitrogens with zero attached hydrogens (tertiary/aromatic N) is 1. The van der Waals surface area contributed by atoms with E-state index in [0.717, 1.165) is 17.0 Å². The number of pyridine rings is 1. The van der Waals surface area contributed by atoms with E-state index in [0.29, 0.717) is 6.07 Å². The van der Waals surface area contributed by atoms with Crippen LogP contribution >= 0.6 is 0 Å². The average Bonchev–Trinajstić information content (AvgIpc) is 2.92. The molecule has 148 valence electrons. The standard InChI is InChI=1S/C16H14F6N2O3/c17-15(18,19)10-5-13(26)23-11-2-1-7(3-9(10)11)24-6-8(25)4-12(24)14(27)16(20,21)22/h1-3,5,8,12,14,25,27H,4,6H2,(H,23,26)/t8?,12-,14-/m1/s1. The zero-order chi connectivity index (χ0) is 20.1. The van der Waals surface area contributed by atoms with Gasteiger partial charge in [-0.05, 0) is 24.6 Å². The summed E-state index contributed by atoms with van der Waals surface area (Å²) in [6, 6.07) is 2.18. The molecule has 1 aliphatic heterocycles. The van der Waals surface area contributed by atoms with E-state index in [4.69, 9.17) is 0 Å². The highest BCUT2D eigenvalue weighted by molar-refractivity contribution is 5.86. The number of β-amino-alcohol motifs (C(OH)–C–C–N with tert-alkyl or cyclic N) is 1. The second-order valence-electron chi connectivity index (χ2n) is 6.37. The molecule has 3 N–H and O–H groups in total. The van der Waals surface area contributed by atoms with Gasteiger partial charge in [-0.25, -0.2) is 0 Å². The number of halogens is 6. The lowest BCUT2D eigenvalue weighted by Crippen LogP contribution is -2.47. The number of aliphatic hydroxyl groups is 2. The monoisotopic (exact) mass is 396 g/mol. The predicted octanol–water partition coefficient (Wildman–Crippen LogP) is 2.41. The Bertz CT molecular complexity index is 908. The molecule has 3 atom stereocenters. The minimum absolute atomic E-state index is 0.0371. The molecule has 1 fully saturated rings. The molecule has 1 aromatic heterocycles. The number of aromatic nitrogens is 1. The van der Waals surface area contributed by atoms with E-state index in [-0.39, 0.29) is 17.7 Å². The van der Waals surface area contributed by atoms with Crippen molar-refractivity contribution in [2.75, 3.05) is 11.4 Å². The number of hydrogen-bond acceptors (Lipinski definition) is 4. The maximum Gasteiger partial charge on any atom is 0.417 e. The molecule has 27 heavy (non-hydrogen) atoms. The Morgan fingerprint density at radius 3 is 2.41 bits per heavy atom. The summed E-state index contributed by atoms with van der Waals surface area (Å²) in [5.74, 6) is 0. The molecule has 0 aliphatic carbocycles. The van der Waals surface area contributed by atoms with Crippen molar-refractivity contribution >= 4 is 16.6 Å². The van der Waals surface area contributed by atoms with Crippen molar-refractivity contribution in [1.29, 1.82) is 0 Å². The van der Waals surface area contributed by atoms with E-state index in [1.54, 1.807) is 0 Å².